The first-order valence-corrected chi connectivity index (χ1v) is 7.69. The van der Waals surface area contributed by atoms with Gasteiger partial charge in [-0.25, -0.2) is 0 Å². The molecule has 0 aliphatic heterocycles. The Morgan fingerprint density at radius 3 is 2.55 bits per heavy atom. The number of thiophene rings is 1. The predicted molar refractivity (Wildman–Crippen MR) is 85.2 cm³/mol. The molecule has 0 bridgehead atoms. The van der Waals surface area contributed by atoms with Crippen molar-refractivity contribution in [3.05, 3.63) is 51.7 Å². The number of anilines is 1. The second-order valence-electron chi connectivity index (χ2n) is 4.71. The van der Waals surface area contributed by atoms with Crippen LogP contribution in [0.1, 0.15) is 22.9 Å². The van der Waals surface area contributed by atoms with E-state index in [9.17, 15) is 4.79 Å². The van der Waals surface area contributed by atoms with Crippen molar-refractivity contribution < 1.29 is 4.79 Å². The zero-order valence-electron chi connectivity index (χ0n) is 11.9. The molecule has 0 unspecified atom stereocenters. The number of likely N-dealkylation sites (N-methyl/N-ethyl adjacent to an activating group) is 1. The Morgan fingerprint density at radius 2 is 1.95 bits per heavy atom. The monoisotopic (exact) mass is 288 g/mol. The summed E-state index contributed by atoms with van der Waals surface area (Å²) in [5.74, 6) is 0.0717. The largest absolute Gasteiger partial charge is 0.380 e. The molecule has 3 nitrogen and oxygen atoms in total. The summed E-state index contributed by atoms with van der Waals surface area (Å²) in [4.78, 5) is 12.8. The molecule has 0 saturated carbocycles. The summed E-state index contributed by atoms with van der Waals surface area (Å²) in [5.41, 5.74) is 3.45. The van der Waals surface area contributed by atoms with E-state index in [1.54, 1.807) is 11.3 Å². The number of hydrogen-bond donors (Lipinski definition) is 2. The number of carbonyl (C=O) groups is 1. The van der Waals surface area contributed by atoms with Crippen LogP contribution < -0.4 is 10.6 Å². The van der Waals surface area contributed by atoms with Crippen molar-refractivity contribution in [2.24, 2.45) is 0 Å². The standard InChI is InChI=1S/C16H20N2OS/c1-3-17-16(19)10-13-4-6-14(7-5-13)18-11-15-12(2)8-9-20-15/h4-9,18H,3,10-11H2,1-2H3,(H,17,19). The molecule has 2 aromatic rings. The minimum Gasteiger partial charge on any atom is -0.380 e. The van der Waals surface area contributed by atoms with E-state index in [2.05, 4.69) is 29.0 Å². The molecule has 1 amide bonds. The van der Waals surface area contributed by atoms with Gasteiger partial charge in [0.1, 0.15) is 0 Å². The van der Waals surface area contributed by atoms with E-state index < -0.39 is 0 Å². The van der Waals surface area contributed by atoms with Crippen molar-refractivity contribution in [1.82, 2.24) is 5.32 Å². The Hall–Kier alpha value is -1.81. The summed E-state index contributed by atoms with van der Waals surface area (Å²) in [6, 6.07) is 10.2. The van der Waals surface area contributed by atoms with Gasteiger partial charge in [0.25, 0.3) is 0 Å². The molecule has 20 heavy (non-hydrogen) atoms. The van der Waals surface area contributed by atoms with Gasteiger partial charge in [-0.1, -0.05) is 12.1 Å². The van der Waals surface area contributed by atoms with Gasteiger partial charge in [0.05, 0.1) is 6.42 Å². The molecule has 2 rings (SSSR count). The van der Waals surface area contributed by atoms with E-state index in [1.165, 1.54) is 10.4 Å². The Balaban J connectivity index is 1.88. The molecule has 0 saturated heterocycles. The van der Waals surface area contributed by atoms with Crippen LogP contribution in [0.4, 0.5) is 5.69 Å². The third-order valence-electron chi connectivity index (χ3n) is 3.11. The smallest absolute Gasteiger partial charge is 0.224 e. The fourth-order valence-electron chi connectivity index (χ4n) is 1.95. The molecule has 0 atom stereocenters. The van der Waals surface area contributed by atoms with E-state index >= 15 is 0 Å². The number of hydrogen-bond acceptors (Lipinski definition) is 3. The number of rotatable bonds is 6. The number of amides is 1. The molecule has 0 radical (unpaired) electrons. The van der Waals surface area contributed by atoms with Crippen molar-refractivity contribution in [2.75, 3.05) is 11.9 Å². The summed E-state index contributed by atoms with van der Waals surface area (Å²) in [6.07, 6.45) is 0.443. The molecule has 4 heteroatoms. The van der Waals surface area contributed by atoms with Crippen LogP contribution in [0.25, 0.3) is 0 Å². The molecule has 0 aliphatic rings. The van der Waals surface area contributed by atoms with Crippen LogP contribution in [0, 0.1) is 6.92 Å². The molecule has 0 fully saturated rings. The van der Waals surface area contributed by atoms with Crippen molar-refractivity contribution in [3.63, 3.8) is 0 Å². The maximum atomic E-state index is 11.5. The fourth-order valence-corrected chi connectivity index (χ4v) is 2.80. The number of carbonyl (C=O) groups excluding carboxylic acids is 1. The first kappa shape index (κ1) is 14.6. The van der Waals surface area contributed by atoms with Crippen LogP contribution in [0.3, 0.4) is 0 Å². The molecule has 0 aliphatic carbocycles. The molecular formula is C16H20N2OS. The zero-order valence-corrected chi connectivity index (χ0v) is 12.7. The molecule has 1 aromatic heterocycles. The predicted octanol–water partition coefficient (Wildman–Crippen LogP) is 3.35. The maximum Gasteiger partial charge on any atom is 0.224 e. The molecule has 0 spiro atoms. The van der Waals surface area contributed by atoms with E-state index in [4.69, 9.17) is 0 Å². The molecule has 1 heterocycles. The second kappa shape index (κ2) is 7.10. The topological polar surface area (TPSA) is 41.1 Å². The number of nitrogens with one attached hydrogen (secondary N) is 2. The van der Waals surface area contributed by atoms with Gasteiger partial charge in [0.2, 0.25) is 5.91 Å². The highest BCUT2D eigenvalue weighted by atomic mass is 32.1. The highest BCUT2D eigenvalue weighted by molar-refractivity contribution is 7.10. The minimum absolute atomic E-state index is 0.0717. The summed E-state index contributed by atoms with van der Waals surface area (Å²) < 4.78 is 0. The Bertz CT molecular complexity index is 560. The lowest BCUT2D eigenvalue weighted by Crippen LogP contribution is -2.24. The summed E-state index contributed by atoms with van der Waals surface area (Å²) in [7, 11) is 0. The third-order valence-corrected chi connectivity index (χ3v) is 4.14. The van der Waals surface area contributed by atoms with Gasteiger partial charge in [-0.3, -0.25) is 4.79 Å². The first-order chi connectivity index (χ1) is 9.69. The minimum atomic E-state index is 0.0717. The van der Waals surface area contributed by atoms with Gasteiger partial charge in [0, 0.05) is 23.7 Å². The van der Waals surface area contributed by atoms with Crippen LogP contribution in [0.15, 0.2) is 35.7 Å². The van der Waals surface area contributed by atoms with Crippen molar-refractivity contribution >= 4 is 22.9 Å². The third kappa shape index (κ3) is 4.10. The first-order valence-electron chi connectivity index (χ1n) is 6.81. The zero-order chi connectivity index (χ0) is 14.4. The number of benzene rings is 1. The van der Waals surface area contributed by atoms with Crippen molar-refractivity contribution in [1.29, 1.82) is 0 Å². The van der Waals surface area contributed by atoms with Gasteiger partial charge >= 0.3 is 0 Å². The summed E-state index contributed by atoms with van der Waals surface area (Å²) in [5, 5.41) is 8.32. The van der Waals surface area contributed by atoms with Gasteiger partial charge in [0.15, 0.2) is 0 Å². The van der Waals surface area contributed by atoms with Crippen LogP contribution >= 0.6 is 11.3 Å². The summed E-state index contributed by atoms with van der Waals surface area (Å²) >= 11 is 1.77. The average molecular weight is 288 g/mol. The molecule has 1 aromatic carbocycles. The average Bonchev–Trinajstić information content (AvgIpc) is 2.84. The van der Waals surface area contributed by atoms with Crippen LogP contribution in [0.2, 0.25) is 0 Å². The van der Waals surface area contributed by atoms with Crippen LogP contribution in [0.5, 0.6) is 0 Å². The SMILES string of the molecule is CCNC(=O)Cc1ccc(NCc2sccc2C)cc1. The maximum absolute atomic E-state index is 11.5. The highest BCUT2D eigenvalue weighted by Crippen LogP contribution is 2.18. The van der Waals surface area contributed by atoms with Gasteiger partial charge in [-0.05, 0) is 48.6 Å². The summed E-state index contributed by atoms with van der Waals surface area (Å²) in [6.45, 7) is 5.58. The molecule has 2 N–H and O–H groups in total. The van der Waals surface area contributed by atoms with E-state index in [1.807, 2.05) is 31.2 Å². The lowest BCUT2D eigenvalue weighted by molar-refractivity contribution is -0.120. The molecule has 106 valence electrons. The Kier molecular flexibility index (Phi) is 5.18. The quantitative estimate of drug-likeness (QED) is 0.856. The fraction of sp³-hybridized carbons (Fsp3) is 0.312. The van der Waals surface area contributed by atoms with E-state index in [0.717, 1.165) is 17.8 Å². The van der Waals surface area contributed by atoms with Crippen molar-refractivity contribution in [3.8, 4) is 0 Å². The van der Waals surface area contributed by atoms with Gasteiger partial charge in [-0.2, -0.15) is 0 Å². The lowest BCUT2D eigenvalue weighted by Gasteiger charge is -2.07. The Morgan fingerprint density at radius 1 is 1.20 bits per heavy atom. The van der Waals surface area contributed by atoms with Gasteiger partial charge in [-0.15, -0.1) is 11.3 Å². The lowest BCUT2D eigenvalue weighted by atomic mass is 10.1. The molecular weight excluding hydrogens is 268 g/mol. The van der Waals surface area contributed by atoms with Crippen LogP contribution in [-0.4, -0.2) is 12.5 Å². The van der Waals surface area contributed by atoms with Crippen molar-refractivity contribution in [2.45, 2.75) is 26.8 Å². The van der Waals surface area contributed by atoms with E-state index in [-0.39, 0.29) is 5.91 Å². The second-order valence-corrected chi connectivity index (χ2v) is 5.71. The van der Waals surface area contributed by atoms with Gasteiger partial charge < -0.3 is 10.6 Å². The number of aryl methyl sites for hydroxylation is 1. The Labute approximate surface area is 124 Å². The highest BCUT2D eigenvalue weighted by Gasteiger charge is 2.03. The normalized spacial score (nSPS) is 10.3. The van der Waals surface area contributed by atoms with E-state index in [0.29, 0.717) is 13.0 Å². The van der Waals surface area contributed by atoms with Crippen LogP contribution in [-0.2, 0) is 17.8 Å².